The minimum absolute atomic E-state index is 0.143. The van der Waals surface area contributed by atoms with Crippen molar-refractivity contribution in [1.29, 1.82) is 0 Å². The van der Waals surface area contributed by atoms with Gasteiger partial charge < -0.3 is 10.0 Å². The molecule has 1 aromatic carbocycles. The lowest BCUT2D eigenvalue weighted by Crippen LogP contribution is -2.56. The van der Waals surface area contributed by atoms with Crippen LogP contribution in [0.1, 0.15) is 26.2 Å². The van der Waals surface area contributed by atoms with Crippen LogP contribution in [0.4, 0.5) is 14.9 Å². The van der Waals surface area contributed by atoms with Crippen LogP contribution < -0.4 is 4.90 Å². The molecule has 21 heavy (non-hydrogen) atoms. The summed E-state index contributed by atoms with van der Waals surface area (Å²) >= 11 is 0. The number of halogens is 1. The number of nitrogens with zero attached hydrogens (tertiary/aromatic N) is 2. The highest BCUT2D eigenvalue weighted by Crippen LogP contribution is 2.34. The van der Waals surface area contributed by atoms with Gasteiger partial charge in [0.15, 0.2) is 0 Å². The third-order valence-corrected chi connectivity index (χ3v) is 4.20. The van der Waals surface area contributed by atoms with Gasteiger partial charge >= 0.3 is 12.0 Å². The van der Waals surface area contributed by atoms with E-state index in [0.717, 1.165) is 0 Å². The number of rotatable bonds is 3. The van der Waals surface area contributed by atoms with E-state index in [4.69, 9.17) is 0 Å². The summed E-state index contributed by atoms with van der Waals surface area (Å²) in [5, 5.41) is 9.50. The van der Waals surface area contributed by atoms with Crippen molar-refractivity contribution in [1.82, 2.24) is 4.90 Å². The lowest BCUT2D eigenvalue weighted by molar-refractivity contribution is -0.148. The standard InChI is InChI=1S/C15H19FN2O3/c1-3-15(13(19)20)9-6-10-18(15)14(21)17(2)12-8-5-4-7-11(12)16/h4-5,7-8H,3,6,9-10H2,1-2H3,(H,19,20). The minimum atomic E-state index is -1.18. The van der Waals surface area contributed by atoms with E-state index < -0.39 is 23.4 Å². The molecule has 114 valence electrons. The second-order valence-corrected chi connectivity index (χ2v) is 5.24. The monoisotopic (exact) mass is 294 g/mol. The topological polar surface area (TPSA) is 60.9 Å². The van der Waals surface area contributed by atoms with Gasteiger partial charge in [0, 0.05) is 13.6 Å². The third-order valence-electron chi connectivity index (χ3n) is 4.20. The number of hydrogen-bond acceptors (Lipinski definition) is 2. The van der Waals surface area contributed by atoms with Crippen molar-refractivity contribution in [2.45, 2.75) is 31.7 Å². The molecule has 0 aliphatic carbocycles. The summed E-state index contributed by atoms with van der Waals surface area (Å²) in [5.74, 6) is -1.51. The fourth-order valence-electron chi connectivity index (χ4n) is 2.91. The van der Waals surface area contributed by atoms with Gasteiger partial charge in [-0.25, -0.2) is 14.0 Å². The van der Waals surface area contributed by atoms with Crippen molar-refractivity contribution in [3.8, 4) is 0 Å². The van der Waals surface area contributed by atoms with E-state index in [2.05, 4.69) is 0 Å². The molecule has 0 aromatic heterocycles. The molecule has 1 N–H and O–H groups in total. The molecule has 2 amide bonds. The van der Waals surface area contributed by atoms with Crippen molar-refractivity contribution in [3.05, 3.63) is 30.1 Å². The maximum absolute atomic E-state index is 13.8. The minimum Gasteiger partial charge on any atom is -0.479 e. The van der Waals surface area contributed by atoms with E-state index in [1.165, 1.54) is 29.0 Å². The lowest BCUT2D eigenvalue weighted by Gasteiger charge is -2.36. The van der Waals surface area contributed by atoms with Gasteiger partial charge in [-0.1, -0.05) is 19.1 Å². The van der Waals surface area contributed by atoms with E-state index in [9.17, 15) is 19.1 Å². The number of para-hydroxylation sites is 1. The van der Waals surface area contributed by atoms with E-state index >= 15 is 0 Å². The molecule has 1 aromatic rings. The average Bonchev–Trinajstić information content (AvgIpc) is 2.91. The Balaban J connectivity index is 2.31. The lowest BCUT2D eigenvalue weighted by atomic mass is 9.93. The van der Waals surface area contributed by atoms with Gasteiger partial charge in [0.25, 0.3) is 0 Å². The molecular weight excluding hydrogens is 275 g/mol. The van der Waals surface area contributed by atoms with Gasteiger partial charge in [-0.05, 0) is 31.4 Å². The number of carbonyl (C=O) groups is 2. The molecule has 6 heteroatoms. The van der Waals surface area contributed by atoms with Crippen LogP contribution in [-0.4, -0.2) is 41.1 Å². The molecule has 1 heterocycles. The summed E-state index contributed by atoms with van der Waals surface area (Å²) < 4.78 is 13.8. The summed E-state index contributed by atoms with van der Waals surface area (Å²) in [6.07, 6.45) is 1.39. The predicted molar refractivity (Wildman–Crippen MR) is 76.8 cm³/mol. The smallest absolute Gasteiger partial charge is 0.329 e. The Hall–Kier alpha value is -2.11. The molecule has 5 nitrogen and oxygen atoms in total. The van der Waals surface area contributed by atoms with E-state index in [-0.39, 0.29) is 5.69 Å². The number of anilines is 1. The fraction of sp³-hybridized carbons (Fsp3) is 0.467. The van der Waals surface area contributed by atoms with Gasteiger partial charge in [0.1, 0.15) is 11.4 Å². The Kier molecular flexibility index (Phi) is 4.16. The Labute approximate surface area is 123 Å². The first-order valence-corrected chi connectivity index (χ1v) is 6.97. The van der Waals surface area contributed by atoms with Gasteiger partial charge in [-0.2, -0.15) is 0 Å². The molecule has 1 atom stereocenters. The number of carboxylic acid groups (broad SMARTS) is 1. The van der Waals surface area contributed by atoms with Crippen LogP contribution >= 0.6 is 0 Å². The highest BCUT2D eigenvalue weighted by Gasteiger charge is 2.49. The Morgan fingerprint density at radius 2 is 2.10 bits per heavy atom. The molecule has 1 fully saturated rings. The Bertz CT molecular complexity index is 564. The molecule has 1 aliphatic rings. The second-order valence-electron chi connectivity index (χ2n) is 5.24. The van der Waals surface area contributed by atoms with Crippen LogP contribution in [0.5, 0.6) is 0 Å². The largest absolute Gasteiger partial charge is 0.479 e. The predicted octanol–water partition coefficient (Wildman–Crippen LogP) is 2.71. The van der Waals surface area contributed by atoms with Gasteiger partial charge in [0.2, 0.25) is 0 Å². The van der Waals surface area contributed by atoms with Crippen LogP contribution in [-0.2, 0) is 4.79 Å². The number of urea groups is 1. The molecular formula is C15H19FN2O3. The second kappa shape index (κ2) is 5.71. The Morgan fingerprint density at radius 3 is 2.67 bits per heavy atom. The summed E-state index contributed by atoms with van der Waals surface area (Å²) in [6.45, 7) is 2.13. The third kappa shape index (κ3) is 2.46. The summed E-state index contributed by atoms with van der Waals surface area (Å²) in [4.78, 5) is 26.7. The van der Waals surface area contributed by atoms with E-state index in [1.807, 2.05) is 0 Å². The number of amides is 2. The fourth-order valence-corrected chi connectivity index (χ4v) is 2.91. The molecule has 0 saturated carbocycles. The first-order chi connectivity index (χ1) is 9.94. The SMILES string of the molecule is CCC1(C(=O)O)CCCN1C(=O)N(C)c1ccccc1F. The van der Waals surface area contributed by atoms with Crippen LogP contribution in [0.2, 0.25) is 0 Å². The number of aliphatic carboxylic acids is 1. The van der Waals surface area contributed by atoms with Crippen LogP contribution in [0.15, 0.2) is 24.3 Å². The molecule has 1 aliphatic heterocycles. The number of likely N-dealkylation sites (tertiary alicyclic amines) is 1. The molecule has 1 unspecified atom stereocenters. The van der Waals surface area contributed by atoms with Crippen molar-refractivity contribution >= 4 is 17.7 Å². The van der Waals surface area contributed by atoms with E-state index in [0.29, 0.717) is 25.8 Å². The van der Waals surface area contributed by atoms with Gasteiger partial charge in [0.05, 0.1) is 5.69 Å². The zero-order valence-electron chi connectivity index (χ0n) is 12.2. The number of carbonyl (C=O) groups excluding carboxylic acids is 1. The molecule has 1 saturated heterocycles. The molecule has 0 bridgehead atoms. The van der Waals surface area contributed by atoms with Gasteiger partial charge in [-0.3, -0.25) is 4.90 Å². The summed E-state index contributed by atoms with van der Waals surface area (Å²) in [6, 6.07) is 5.46. The summed E-state index contributed by atoms with van der Waals surface area (Å²) in [7, 11) is 1.46. The zero-order valence-corrected chi connectivity index (χ0v) is 12.2. The van der Waals surface area contributed by atoms with Crippen LogP contribution in [0, 0.1) is 5.82 Å². The van der Waals surface area contributed by atoms with Crippen LogP contribution in [0.3, 0.4) is 0 Å². The van der Waals surface area contributed by atoms with Crippen molar-refractivity contribution in [2.75, 3.05) is 18.5 Å². The molecule has 0 radical (unpaired) electrons. The van der Waals surface area contributed by atoms with E-state index in [1.54, 1.807) is 19.1 Å². The molecule has 2 rings (SSSR count). The highest BCUT2D eigenvalue weighted by molar-refractivity contribution is 5.96. The quantitative estimate of drug-likeness (QED) is 0.932. The highest BCUT2D eigenvalue weighted by atomic mass is 19.1. The number of carboxylic acids is 1. The van der Waals surface area contributed by atoms with Crippen molar-refractivity contribution < 1.29 is 19.1 Å². The molecule has 0 spiro atoms. The number of hydrogen-bond donors (Lipinski definition) is 1. The van der Waals surface area contributed by atoms with Gasteiger partial charge in [-0.15, -0.1) is 0 Å². The number of benzene rings is 1. The van der Waals surface area contributed by atoms with Crippen LogP contribution in [0.25, 0.3) is 0 Å². The maximum atomic E-state index is 13.8. The Morgan fingerprint density at radius 1 is 1.43 bits per heavy atom. The zero-order chi connectivity index (χ0) is 15.6. The first kappa shape index (κ1) is 15.3. The van der Waals surface area contributed by atoms with Crippen molar-refractivity contribution in [2.24, 2.45) is 0 Å². The normalized spacial score (nSPS) is 21.4. The summed E-state index contributed by atoms with van der Waals surface area (Å²) in [5.41, 5.74) is -1.04. The average molecular weight is 294 g/mol. The maximum Gasteiger partial charge on any atom is 0.329 e. The first-order valence-electron chi connectivity index (χ1n) is 6.97. The van der Waals surface area contributed by atoms with Crippen molar-refractivity contribution in [3.63, 3.8) is 0 Å².